The Balaban J connectivity index is 0.00000121. The van der Waals surface area contributed by atoms with Crippen LogP contribution in [0, 0.1) is 0 Å². The summed E-state index contributed by atoms with van der Waals surface area (Å²) in [5, 5.41) is 10.4. The molecule has 0 saturated heterocycles. The van der Waals surface area contributed by atoms with Crippen molar-refractivity contribution in [3.63, 3.8) is 0 Å². The van der Waals surface area contributed by atoms with Crippen molar-refractivity contribution in [1.82, 2.24) is 0 Å². The third kappa shape index (κ3) is 3.52. The fraction of sp³-hybridized carbons (Fsp3) is 0.200. The summed E-state index contributed by atoms with van der Waals surface area (Å²) in [6.07, 6.45) is 0. The quantitative estimate of drug-likeness (QED) is 0.520. The van der Waals surface area contributed by atoms with Crippen molar-refractivity contribution in [3.8, 4) is 0 Å². The molecule has 2 heteroatoms. The predicted molar refractivity (Wildman–Crippen MR) is 44.9 cm³/mol. The van der Waals surface area contributed by atoms with E-state index in [-0.39, 0.29) is 58.0 Å². The molecule has 0 aliphatic heterocycles. The van der Waals surface area contributed by atoms with Crippen LogP contribution in [0.15, 0.2) is 30.8 Å². The van der Waals surface area contributed by atoms with Crippen molar-refractivity contribution in [2.45, 2.75) is 13.5 Å². The van der Waals surface area contributed by atoms with Gasteiger partial charge in [0.15, 0.2) is 0 Å². The van der Waals surface area contributed by atoms with Gasteiger partial charge in [0.1, 0.15) is 0 Å². The van der Waals surface area contributed by atoms with Crippen molar-refractivity contribution in [3.05, 3.63) is 42.0 Å². The predicted octanol–water partition coefficient (Wildman–Crippen LogP) is -1.42. The summed E-state index contributed by atoms with van der Waals surface area (Å²) in [7, 11) is 0. The third-order valence-corrected chi connectivity index (χ3v) is 1.61. The molecule has 0 radical (unpaired) electrons. The fourth-order valence-electron chi connectivity index (χ4n) is 0.885. The molecule has 12 heavy (non-hydrogen) atoms. The second-order valence-electron chi connectivity index (χ2n) is 2.62. The zero-order chi connectivity index (χ0) is 8.27. The largest absolute Gasteiger partial charge is 1.00 e. The Labute approximate surface area is 116 Å². The van der Waals surface area contributed by atoms with Gasteiger partial charge in [0.05, 0.1) is 0 Å². The van der Waals surface area contributed by atoms with Crippen LogP contribution in [0.2, 0.25) is 0 Å². The molecule has 0 aromatic heterocycles. The molecule has 0 unspecified atom stereocenters. The molecule has 0 fully saturated rings. The van der Waals surface area contributed by atoms with Gasteiger partial charge in [-0.1, -0.05) is 42.0 Å². The molecule has 0 amide bonds. The average molecular weight is 186 g/mol. The summed E-state index contributed by atoms with van der Waals surface area (Å²) >= 11 is 0. The van der Waals surface area contributed by atoms with Crippen LogP contribution in [0.1, 0.15) is 18.1 Å². The summed E-state index contributed by atoms with van der Waals surface area (Å²) in [6, 6.07) is 7.54. The van der Waals surface area contributed by atoms with Crippen LogP contribution in [-0.4, -0.2) is 0 Å². The number of benzene rings is 1. The van der Waals surface area contributed by atoms with E-state index in [2.05, 4.69) is 6.58 Å². The topological polar surface area (TPSA) is 23.1 Å². The van der Waals surface area contributed by atoms with Crippen LogP contribution in [-0.2, 0) is 6.61 Å². The summed E-state index contributed by atoms with van der Waals surface area (Å²) in [5.74, 6) is 0. The summed E-state index contributed by atoms with van der Waals surface area (Å²) in [5.41, 5.74) is 2.96. The molecule has 1 nitrogen and oxygen atoms in total. The molecule has 0 aliphatic rings. The number of rotatable bonds is 2. The van der Waals surface area contributed by atoms with Gasteiger partial charge in [0.25, 0.3) is 0 Å². The number of allylic oxidation sites excluding steroid dienone is 1. The summed E-state index contributed by atoms with van der Waals surface area (Å²) in [4.78, 5) is 0. The molecule has 58 valence electrons. The Morgan fingerprint density at radius 1 is 1.33 bits per heavy atom. The van der Waals surface area contributed by atoms with Crippen LogP contribution in [0.25, 0.3) is 5.57 Å². The van der Waals surface area contributed by atoms with Crippen molar-refractivity contribution in [2.24, 2.45) is 0 Å². The SMILES string of the molecule is C=C(C)c1ccc(C[O-])cc1.[K+]. The standard InChI is InChI=1S/C10H11O.K/c1-8(2)10-5-3-9(7-11)4-6-10;/h3-6H,1,7H2,2H3;/q-1;+1. The minimum Gasteiger partial charge on any atom is -0.851 e. The van der Waals surface area contributed by atoms with E-state index in [4.69, 9.17) is 0 Å². The van der Waals surface area contributed by atoms with E-state index in [0.29, 0.717) is 0 Å². The fourth-order valence-corrected chi connectivity index (χ4v) is 0.885. The van der Waals surface area contributed by atoms with Gasteiger partial charge in [-0.2, -0.15) is 0 Å². The molecule has 0 aliphatic carbocycles. The maximum Gasteiger partial charge on any atom is 1.00 e. The van der Waals surface area contributed by atoms with Crippen molar-refractivity contribution in [2.75, 3.05) is 0 Å². The Kier molecular flexibility index (Phi) is 6.36. The third-order valence-electron chi connectivity index (χ3n) is 1.61. The molecule has 0 bridgehead atoms. The molecule has 0 atom stereocenters. The molecule has 0 spiro atoms. The molecule has 0 heterocycles. The Bertz CT molecular complexity index is 251. The van der Waals surface area contributed by atoms with Crippen molar-refractivity contribution in [1.29, 1.82) is 0 Å². The van der Waals surface area contributed by atoms with Gasteiger partial charge in [-0.05, 0) is 12.5 Å². The van der Waals surface area contributed by atoms with Crippen molar-refractivity contribution < 1.29 is 56.5 Å². The van der Waals surface area contributed by atoms with E-state index < -0.39 is 0 Å². The summed E-state index contributed by atoms with van der Waals surface area (Å²) in [6.45, 7) is 5.61. The smallest absolute Gasteiger partial charge is 0.851 e. The first-order chi connectivity index (χ1) is 5.24. The van der Waals surface area contributed by atoms with Crippen LogP contribution in [0.5, 0.6) is 0 Å². The average Bonchev–Trinajstić information content (AvgIpc) is 2.05. The van der Waals surface area contributed by atoms with Crippen LogP contribution in [0.4, 0.5) is 0 Å². The second kappa shape index (κ2) is 6.08. The Morgan fingerprint density at radius 2 is 1.83 bits per heavy atom. The van der Waals surface area contributed by atoms with Gasteiger partial charge in [0.2, 0.25) is 0 Å². The zero-order valence-electron chi connectivity index (χ0n) is 7.63. The molecule has 1 rings (SSSR count). The van der Waals surface area contributed by atoms with Gasteiger partial charge in [-0.25, -0.2) is 0 Å². The molecular formula is C10H11KO. The monoisotopic (exact) mass is 186 g/mol. The van der Waals surface area contributed by atoms with E-state index in [1.165, 1.54) is 0 Å². The molecule has 0 N–H and O–H groups in total. The Hall–Kier alpha value is 0.556. The first kappa shape index (κ1) is 12.6. The van der Waals surface area contributed by atoms with E-state index >= 15 is 0 Å². The van der Waals surface area contributed by atoms with Gasteiger partial charge < -0.3 is 5.11 Å². The normalized spacial score (nSPS) is 8.83. The van der Waals surface area contributed by atoms with Crippen molar-refractivity contribution >= 4 is 5.57 Å². The van der Waals surface area contributed by atoms with Gasteiger partial charge in [-0.15, -0.1) is 6.61 Å². The number of hydrogen-bond acceptors (Lipinski definition) is 1. The van der Waals surface area contributed by atoms with E-state index in [9.17, 15) is 5.11 Å². The zero-order valence-corrected chi connectivity index (χ0v) is 10.8. The van der Waals surface area contributed by atoms with Crippen LogP contribution < -0.4 is 56.5 Å². The molecular weight excluding hydrogens is 175 g/mol. The molecule has 1 aromatic carbocycles. The van der Waals surface area contributed by atoms with Gasteiger partial charge >= 0.3 is 51.4 Å². The summed E-state index contributed by atoms with van der Waals surface area (Å²) < 4.78 is 0. The van der Waals surface area contributed by atoms with Crippen LogP contribution >= 0.6 is 0 Å². The molecule has 1 aromatic rings. The second-order valence-corrected chi connectivity index (χ2v) is 2.62. The van der Waals surface area contributed by atoms with E-state index in [1.807, 2.05) is 31.2 Å². The number of hydrogen-bond donors (Lipinski definition) is 0. The van der Waals surface area contributed by atoms with Gasteiger partial charge in [-0.3, -0.25) is 0 Å². The van der Waals surface area contributed by atoms with E-state index in [0.717, 1.165) is 16.7 Å². The van der Waals surface area contributed by atoms with Crippen LogP contribution in [0.3, 0.4) is 0 Å². The Morgan fingerprint density at radius 3 is 2.17 bits per heavy atom. The minimum absolute atomic E-state index is 0. The minimum atomic E-state index is -0.142. The first-order valence-electron chi connectivity index (χ1n) is 3.57. The van der Waals surface area contributed by atoms with Gasteiger partial charge in [0, 0.05) is 0 Å². The maximum atomic E-state index is 10.4. The first-order valence-corrected chi connectivity index (χ1v) is 3.57. The molecule has 0 saturated carbocycles. The van der Waals surface area contributed by atoms with E-state index in [1.54, 1.807) is 0 Å². The maximum absolute atomic E-state index is 10.4.